The third-order valence-electron chi connectivity index (χ3n) is 5.56. The lowest BCUT2D eigenvalue weighted by Gasteiger charge is -2.49. The highest BCUT2D eigenvalue weighted by Crippen LogP contribution is 2.41. The van der Waals surface area contributed by atoms with E-state index in [2.05, 4.69) is 26.0 Å². The minimum Gasteiger partial charge on any atom is -0.373 e. The topological polar surface area (TPSA) is 46.2 Å². The molecule has 4 rings (SSSR count). The molecule has 30 heavy (non-hydrogen) atoms. The van der Waals surface area contributed by atoms with Crippen molar-refractivity contribution in [1.29, 1.82) is 0 Å². The predicted octanol–water partition coefficient (Wildman–Crippen LogP) is 4.83. The highest BCUT2D eigenvalue weighted by molar-refractivity contribution is 5.21. The first-order chi connectivity index (χ1) is 14.8. The van der Waals surface area contributed by atoms with Crippen molar-refractivity contribution in [3.05, 3.63) is 71.8 Å². The van der Waals surface area contributed by atoms with Gasteiger partial charge in [0.25, 0.3) is 0 Å². The molecule has 5 nitrogen and oxygen atoms in total. The van der Waals surface area contributed by atoms with Gasteiger partial charge in [-0.15, -0.1) is 0 Å². The fraction of sp³-hybridized carbons (Fsp3) is 0.520. The van der Waals surface area contributed by atoms with E-state index in [-0.39, 0.29) is 30.5 Å². The van der Waals surface area contributed by atoms with Crippen LogP contribution in [0.4, 0.5) is 0 Å². The highest BCUT2D eigenvalue weighted by Gasteiger charge is 2.51. The van der Waals surface area contributed by atoms with Gasteiger partial charge in [-0.1, -0.05) is 74.5 Å². The average molecular weight is 413 g/mol. The molecule has 6 atom stereocenters. The van der Waals surface area contributed by atoms with Gasteiger partial charge in [0, 0.05) is 18.8 Å². The van der Waals surface area contributed by atoms with Crippen molar-refractivity contribution in [2.75, 3.05) is 19.8 Å². The summed E-state index contributed by atoms with van der Waals surface area (Å²) in [6, 6.07) is 20.3. The minimum atomic E-state index is -0.427. The third kappa shape index (κ3) is 4.76. The quantitative estimate of drug-likeness (QED) is 0.621. The molecule has 0 spiro atoms. The van der Waals surface area contributed by atoms with E-state index in [9.17, 15) is 0 Å². The van der Waals surface area contributed by atoms with E-state index in [1.54, 1.807) is 0 Å². The molecule has 0 amide bonds. The number of rotatable bonds is 8. The molecule has 2 aromatic carbocycles. The Morgan fingerprint density at radius 1 is 0.767 bits per heavy atom. The first-order valence-corrected chi connectivity index (χ1v) is 11.1. The van der Waals surface area contributed by atoms with Crippen LogP contribution in [0.15, 0.2) is 60.7 Å². The van der Waals surface area contributed by atoms with Crippen molar-refractivity contribution in [3.63, 3.8) is 0 Å². The Morgan fingerprint density at radius 2 is 1.37 bits per heavy atom. The van der Waals surface area contributed by atoms with Crippen LogP contribution in [0.3, 0.4) is 0 Å². The van der Waals surface area contributed by atoms with E-state index in [4.69, 9.17) is 23.7 Å². The van der Waals surface area contributed by atoms with Crippen molar-refractivity contribution in [1.82, 2.24) is 0 Å². The molecule has 0 aromatic heterocycles. The molecule has 0 N–H and O–H groups in total. The zero-order valence-electron chi connectivity index (χ0n) is 17.8. The van der Waals surface area contributed by atoms with Gasteiger partial charge in [0.05, 0.1) is 6.61 Å². The molecule has 2 heterocycles. The molecule has 0 unspecified atom stereocenters. The SMILES string of the molecule is CCCO[C@@H]1[C@@H](OCCC)[C@H](c2ccccc2)O[C@@H]2CO[C@@H](c3ccccc3)O[C@@H]12. The van der Waals surface area contributed by atoms with Gasteiger partial charge in [0.1, 0.15) is 30.5 Å². The lowest BCUT2D eigenvalue weighted by molar-refractivity contribution is -0.339. The Hall–Kier alpha value is -1.76. The van der Waals surface area contributed by atoms with Crippen molar-refractivity contribution >= 4 is 0 Å². The van der Waals surface area contributed by atoms with Crippen LogP contribution in [0.25, 0.3) is 0 Å². The molecule has 2 aliphatic heterocycles. The van der Waals surface area contributed by atoms with Gasteiger partial charge in [-0.2, -0.15) is 0 Å². The molecule has 0 radical (unpaired) electrons. The number of hydrogen-bond acceptors (Lipinski definition) is 5. The lowest BCUT2D eigenvalue weighted by Crippen LogP contribution is -2.60. The normalized spacial score (nSPS) is 31.3. The van der Waals surface area contributed by atoms with Crippen molar-refractivity contribution < 1.29 is 23.7 Å². The van der Waals surface area contributed by atoms with Crippen LogP contribution in [-0.4, -0.2) is 44.2 Å². The first kappa shape index (κ1) is 21.5. The maximum atomic E-state index is 6.53. The van der Waals surface area contributed by atoms with Gasteiger partial charge >= 0.3 is 0 Å². The van der Waals surface area contributed by atoms with E-state index in [1.165, 1.54) is 0 Å². The summed E-state index contributed by atoms with van der Waals surface area (Å²) >= 11 is 0. The summed E-state index contributed by atoms with van der Waals surface area (Å²) in [6.45, 7) is 5.99. The molecule has 0 aliphatic carbocycles. The molecule has 0 saturated carbocycles. The predicted molar refractivity (Wildman–Crippen MR) is 114 cm³/mol. The first-order valence-electron chi connectivity index (χ1n) is 11.1. The minimum absolute atomic E-state index is 0.210. The van der Waals surface area contributed by atoms with Gasteiger partial charge in [0.2, 0.25) is 0 Å². The largest absolute Gasteiger partial charge is 0.373 e. The Kier molecular flexibility index (Phi) is 7.52. The van der Waals surface area contributed by atoms with Crippen LogP contribution in [0.5, 0.6) is 0 Å². The van der Waals surface area contributed by atoms with Gasteiger partial charge in [-0.25, -0.2) is 0 Å². The van der Waals surface area contributed by atoms with Gasteiger partial charge in [0.15, 0.2) is 6.29 Å². The number of fused-ring (bicyclic) bond motifs is 1. The van der Waals surface area contributed by atoms with E-state index in [0.717, 1.165) is 24.0 Å². The maximum Gasteiger partial charge on any atom is 0.184 e. The second-order valence-corrected chi connectivity index (χ2v) is 7.85. The molecule has 2 saturated heterocycles. The van der Waals surface area contributed by atoms with Crippen LogP contribution < -0.4 is 0 Å². The van der Waals surface area contributed by atoms with Crippen molar-refractivity contribution in [2.24, 2.45) is 0 Å². The molecule has 0 bridgehead atoms. The lowest BCUT2D eigenvalue weighted by atomic mass is 9.90. The summed E-state index contributed by atoms with van der Waals surface area (Å²) in [5.41, 5.74) is 2.09. The Balaban J connectivity index is 1.62. The summed E-state index contributed by atoms with van der Waals surface area (Å²) in [7, 11) is 0. The smallest absolute Gasteiger partial charge is 0.184 e. The summed E-state index contributed by atoms with van der Waals surface area (Å²) < 4.78 is 31.7. The summed E-state index contributed by atoms with van der Waals surface area (Å²) in [5.74, 6) is 0. The Morgan fingerprint density at radius 3 is 2.00 bits per heavy atom. The fourth-order valence-corrected chi connectivity index (χ4v) is 4.15. The Labute approximate surface area is 179 Å². The highest BCUT2D eigenvalue weighted by atomic mass is 16.7. The summed E-state index contributed by atoms with van der Waals surface area (Å²) in [5, 5.41) is 0. The van der Waals surface area contributed by atoms with E-state index >= 15 is 0 Å². The van der Waals surface area contributed by atoms with Gasteiger partial charge < -0.3 is 23.7 Å². The summed E-state index contributed by atoms with van der Waals surface area (Å²) in [4.78, 5) is 0. The standard InChI is InChI=1S/C25H32O5/c1-3-15-26-23-21(18-11-7-5-8-12-18)29-20-17-28-25(19-13-9-6-10-14-19)30-22(20)24(23)27-16-4-2/h5-14,20-25H,3-4,15-17H2,1-2H3/t20-,21+,22-,23+,24+,25-/m1/s1. The van der Waals surface area contributed by atoms with Gasteiger partial charge in [-0.3, -0.25) is 0 Å². The number of benzene rings is 2. The van der Waals surface area contributed by atoms with Crippen LogP contribution >= 0.6 is 0 Å². The van der Waals surface area contributed by atoms with Crippen molar-refractivity contribution in [3.8, 4) is 0 Å². The summed E-state index contributed by atoms with van der Waals surface area (Å²) in [6.07, 6.45) is 0.291. The molecular formula is C25H32O5. The molecule has 2 fully saturated rings. The monoisotopic (exact) mass is 412 g/mol. The average Bonchev–Trinajstić information content (AvgIpc) is 2.82. The van der Waals surface area contributed by atoms with Crippen LogP contribution in [0, 0.1) is 0 Å². The third-order valence-corrected chi connectivity index (χ3v) is 5.56. The number of hydrogen-bond donors (Lipinski definition) is 0. The molecular weight excluding hydrogens is 380 g/mol. The zero-order chi connectivity index (χ0) is 20.8. The maximum absolute atomic E-state index is 6.53. The Bertz CT molecular complexity index is 753. The van der Waals surface area contributed by atoms with Crippen molar-refractivity contribution in [2.45, 2.75) is 63.5 Å². The van der Waals surface area contributed by atoms with E-state index < -0.39 is 6.29 Å². The second-order valence-electron chi connectivity index (χ2n) is 7.85. The van der Waals surface area contributed by atoms with E-state index in [0.29, 0.717) is 19.8 Å². The zero-order valence-corrected chi connectivity index (χ0v) is 17.8. The molecule has 2 aliphatic rings. The fourth-order valence-electron chi connectivity index (χ4n) is 4.15. The molecule has 2 aromatic rings. The van der Waals surface area contributed by atoms with Crippen LogP contribution in [-0.2, 0) is 23.7 Å². The second kappa shape index (κ2) is 10.5. The van der Waals surface area contributed by atoms with Crippen LogP contribution in [0.2, 0.25) is 0 Å². The molecule has 162 valence electrons. The van der Waals surface area contributed by atoms with E-state index in [1.807, 2.05) is 48.5 Å². The molecule has 5 heteroatoms. The number of ether oxygens (including phenoxy) is 5. The van der Waals surface area contributed by atoms with Crippen LogP contribution in [0.1, 0.15) is 50.2 Å². The van der Waals surface area contributed by atoms with Gasteiger partial charge in [-0.05, 0) is 18.4 Å².